The molecule has 2 heterocycles. The monoisotopic (exact) mass is 322 g/mol. The van der Waals surface area contributed by atoms with Gasteiger partial charge in [0.25, 0.3) is 5.91 Å². The van der Waals surface area contributed by atoms with Crippen LogP contribution < -0.4 is 11.1 Å². The van der Waals surface area contributed by atoms with E-state index in [2.05, 4.69) is 20.6 Å². The molecule has 0 radical (unpaired) electrons. The molecule has 3 rings (SSSR count). The van der Waals surface area contributed by atoms with Crippen molar-refractivity contribution in [3.05, 3.63) is 34.6 Å². The molecule has 0 fully saturated rings. The quantitative estimate of drug-likeness (QED) is 0.762. The van der Waals surface area contributed by atoms with Crippen molar-refractivity contribution in [3.8, 4) is 0 Å². The number of thiazole rings is 1. The molecule has 9 heteroatoms. The van der Waals surface area contributed by atoms with Crippen molar-refractivity contribution in [1.29, 1.82) is 0 Å². The summed E-state index contributed by atoms with van der Waals surface area (Å²) in [5.41, 5.74) is 8.47. The van der Waals surface area contributed by atoms with E-state index in [1.807, 2.05) is 6.07 Å². The molecule has 3 N–H and O–H groups in total. The fourth-order valence-electron chi connectivity index (χ4n) is 1.85. The van der Waals surface area contributed by atoms with Crippen molar-refractivity contribution in [2.45, 2.75) is 6.54 Å². The molecule has 1 amide bonds. The molecular formula is C12H11ClN6OS. The molecule has 0 bridgehead atoms. The Morgan fingerprint density at radius 1 is 1.48 bits per heavy atom. The third-order valence-electron chi connectivity index (χ3n) is 2.82. The fraction of sp³-hybridized carbons (Fsp3) is 0.167. The standard InChI is InChI=1S/C12H11ClN6OS/c13-7-1-2-9-11(15-6-21-9)10(7)16-12(20)8-5-19(4-3-14)18-17-8/h1-2,5-6H,3-4,14H2,(H,16,20). The van der Waals surface area contributed by atoms with Gasteiger partial charge in [0.1, 0.15) is 5.52 Å². The van der Waals surface area contributed by atoms with Crippen LogP contribution in [-0.2, 0) is 6.54 Å². The van der Waals surface area contributed by atoms with Crippen LogP contribution in [0, 0.1) is 0 Å². The summed E-state index contributed by atoms with van der Waals surface area (Å²) in [4.78, 5) is 16.4. The number of hydrogen-bond donors (Lipinski definition) is 2. The van der Waals surface area contributed by atoms with Crippen LogP contribution in [0.3, 0.4) is 0 Å². The smallest absolute Gasteiger partial charge is 0.277 e. The molecule has 0 aliphatic rings. The van der Waals surface area contributed by atoms with Crippen LogP contribution >= 0.6 is 22.9 Å². The Hall–Kier alpha value is -2.03. The molecular weight excluding hydrogens is 312 g/mol. The first-order valence-corrected chi connectivity index (χ1v) is 7.38. The van der Waals surface area contributed by atoms with Crippen molar-refractivity contribution in [2.75, 3.05) is 11.9 Å². The van der Waals surface area contributed by atoms with Crippen molar-refractivity contribution < 1.29 is 4.79 Å². The van der Waals surface area contributed by atoms with E-state index in [1.165, 1.54) is 22.2 Å². The van der Waals surface area contributed by atoms with Crippen LogP contribution in [0.1, 0.15) is 10.5 Å². The number of amides is 1. The Labute approximate surface area is 128 Å². The number of nitrogens with zero attached hydrogens (tertiary/aromatic N) is 4. The predicted molar refractivity (Wildman–Crippen MR) is 81.7 cm³/mol. The van der Waals surface area contributed by atoms with Gasteiger partial charge in [-0.3, -0.25) is 9.48 Å². The number of nitrogens with two attached hydrogens (primary N) is 1. The van der Waals surface area contributed by atoms with Gasteiger partial charge in [0.2, 0.25) is 0 Å². The number of hydrogen-bond acceptors (Lipinski definition) is 6. The highest BCUT2D eigenvalue weighted by Crippen LogP contribution is 2.32. The van der Waals surface area contributed by atoms with Crippen molar-refractivity contribution in [2.24, 2.45) is 5.73 Å². The van der Waals surface area contributed by atoms with Gasteiger partial charge in [-0.1, -0.05) is 16.8 Å². The van der Waals surface area contributed by atoms with E-state index >= 15 is 0 Å². The van der Waals surface area contributed by atoms with Gasteiger partial charge < -0.3 is 11.1 Å². The lowest BCUT2D eigenvalue weighted by atomic mass is 10.2. The summed E-state index contributed by atoms with van der Waals surface area (Å²) in [5, 5.41) is 10.8. The van der Waals surface area contributed by atoms with E-state index in [0.717, 1.165) is 4.70 Å². The number of fused-ring (bicyclic) bond motifs is 1. The summed E-state index contributed by atoms with van der Waals surface area (Å²) in [6.45, 7) is 0.928. The van der Waals surface area contributed by atoms with Gasteiger partial charge >= 0.3 is 0 Å². The van der Waals surface area contributed by atoms with E-state index in [-0.39, 0.29) is 11.6 Å². The Bertz CT molecular complexity index is 798. The van der Waals surface area contributed by atoms with Crippen LogP contribution in [0.4, 0.5) is 5.69 Å². The van der Waals surface area contributed by atoms with Crippen LogP contribution in [-0.4, -0.2) is 32.4 Å². The molecule has 7 nitrogen and oxygen atoms in total. The Balaban J connectivity index is 1.88. The van der Waals surface area contributed by atoms with E-state index in [1.54, 1.807) is 11.6 Å². The van der Waals surface area contributed by atoms with Gasteiger partial charge in [-0.15, -0.1) is 16.4 Å². The number of halogens is 1. The summed E-state index contributed by atoms with van der Waals surface area (Å²) in [6, 6.07) is 3.59. The zero-order valence-corrected chi connectivity index (χ0v) is 12.4. The second-order valence-corrected chi connectivity index (χ2v) is 5.52. The molecule has 0 aliphatic heterocycles. The van der Waals surface area contributed by atoms with E-state index in [0.29, 0.717) is 29.3 Å². The average Bonchev–Trinajstić information content (AvgIpc) is 3.11. The van der Waals surface area contributed by atoms with Gasteiger partial charge in [-0.25, -0.2) is 4.98 Å². The van der Waals surface area contributed by atoms with Crippen LogP contribution in [0.15, 0.2) is 23.8 Å². The molecule has 0 unspecified atom stereocenters. The normalized spacial score (nSPS) is 11.0. The molecule has 2 aromatic heterocycles. The van der Waals surface area contributed by atoms with Crippen molar-refractivity contribution >= 4 is 44.7 Å². The van der Waals surface area contributed by atoms with Crippen LogP contribution in [0.2, 0.25) is 5.02 Å². The first-order valence-electron chi connectivity index (χ1n) is 6.12. The van der Waals surface area contributed by atoms with E-state index < -0.39 is 0 Å². The number of benzene rings is 1. The number of carbonyl (C=O) groups excluding carboxylic acids is 1. The summed E-state index contributed by atoms with van der Waals surface area (Å²) < 4.78 is 2.46. The number of rotatable bonds is 4. The minimum atomic E-state index is -0.388. The maximum atomic E-state index is 12.2. The SMILES string of the molecule is NCCn1cc(C(=O)Nc2c(Cl)ccc3scnc23)nn1. The number of aromatic nitrogens is 4. The van der Waals surface area contributed by atoms with Gasteiger partial charge in [-0.05, 0) is 12.1 Å². The Morgan fingerprint density at radius 3 is 3.14 bits per heavy atom. The molecule has 21 heavy (non-hydrogen) atoms. The Morgan fingerprint density at radius 2 is 2.33 bits per heavy atom. The van der Waals surface area contributed by atoms with Crippen LogP contribution in [0.25, 0.3) is 10.2 Å². The molecule has 0 saturated heterocycles. The summed E-state index contributed by atoms with van der Waals surface area (Å²) in [5.74, 6) is -0.388. The summed E-state index contributed by atoms with van der Waals surface area (Å²) in [7, 11) is 0. The molecule has 0 saturated carbocycles. The minimum Gasteiger partial charge on any atom is -0.329 e. The lowest BCUT2D eigenvalue weighted by molar-refractivity contribution is 0.102. The third-order valence-corrected chi connectivity index (χ3v) is 3.93. The zero-order valence-electron chi connectivity index (χ0n) is 10.8. The van der Waals surface area contributed by atoms with E-state index in [4.69, 9.17) is 17.3 Å². The molecule has 1 aromatic carbocycles. The van der Waals surface area contributed by atoms with E-state index in [9.17, 15) is 4.79 Å². The second-order valence-electron chi connectivity index (χ2n) is 4.23. The summed E-state index contributed by atoms with van der Waals surface area (Å²) in [6.07, 6.45) is 1.54. The van der Waals surface area contributed by atoms with Gasteiger partial charge in [0.15, 0.2) is 5.69 Å². The first-order chi connectivity index (χ1) is 10.2. The first kappa shape index (κ1) is 13.9. The third kappa shape index (κ3) is 2.73. The topological polar surface area (TPSA) is 98.7 Å². The molecule has 0 atom stereocenters. The second kappa shape index (κ2) is 5.76. The molecule has 3 aromatic rings. The highest BCUT2D eigenvalue weighted by atomic mass is 35.5. The average molecular weight is 323 g/mol. The van der Waals surface area contributed by atoms with Gasteiger partial charge in [-0.2, -0.15) is 0 Å². The molecule has 0 spiro atoms. The van der Waals surface area contributed by atoms with Crippen LogP contribution in [0.5, 0.6) is 0 Å². The van der Waals surface area contributed by atoms with Crippen molar-refractivity contribution in [1.82, 2.24) is 20.0 Å². The minimum absolute atomic E-state index is 0.201. The lowest BCUT2D eigenvalue weighted by Crippen LogP contribution is -2.13. The largest absolute Gasteiger partial charge is 0.329 e. The van der Waals surface area contributed by atoms with Gasteiger partial charge in [0.05, 0.1) is 33.7 Å². The Kier molecular flexibility index (Phi) is 3.82. The highest BCUT2D eigenvalue weighted by Gasteiger charge is 2.15. The number of carbonyl (C=O) groups is 1. The zero-order chi connectivity index (χ0) is 14.8. The lowest BCUT2D eigenvalue weighted by Gasteiger charge is -2.06. The predicted octanol–water partition coefficient (Wildman–Crippen LogP) is 1.75. The number of nitrogens with one attached hydrogen (secondary N) is 1. The molecule has 0 aliphatic carbocycles. The summed E-state index contributed by atoms with van der Waals surface area (Å²) >= 11 is 7.62. The number of anilines is 1. The molecule has 108 valence electrons. The fourth-order valence-corrected chi connectivity index (χ4v) is 2.73. The maximum absolute atomic E-state index is 12.2. The van der Waals surface area contributed by atoms with Gasteiger partial charge in [0, 0.05) is 6.54 Å². The van der Waals surface area contributed by atoms with Crippen molar-refractivity contribution in [3.63, 3.8) is 0 Å². The highest BCUT2D eigenvalue weighted by molar-refractivity contribution is 7.16. The maximum Gasteiger partial charge on any atom is 0.277 e.